The van der Waals surface area contributed by atoms with Crippen LogP contribution in [0, 0.1) is 0 Å². The third kappa shape index (κ3) is 3.69. The summed E-state index contributed by atoms with van der Waals surface area (Å²) >= 11 is 0. The summed E-state index contributed by atoms with van der Waals surface area (Å²) < 4.78 is 18.0. The summed E-state index contributed by atoms with van der Waals surface area (Å²) in [5, 5.41) is 7.43. The van der Waals surface area contributed by atoms with Crippen LogP contribution in [0.25, 0.3) is 16.7 Å². The molecule has 0 bridgehead atoms. The van der Waals surface area contributed by atoms with Gasteiger partial charge in [-0.3, -0.25) is 4.79 Å². The van der Waals surface area contributed by atoms with Gasteiger partial charge in [-0.15, -0.1) is 0 Å². The Labute approximate surface area is 208 Å². The van der Waals surface area contributed by atoms with E-state index in [1.165, 1.54) is 44.0 Å². The van der Waals surface area contributed by atoms with Crippen LogP contribution < -0.4 is 16.2 Å². The molecule has 0 amide bonds. The van der Waals surface area contributed by atoms with Gasteiger partial charge in [0, 0.05) is 54.8 Å². The van der Waals surface area contributed by atoms with Crippen molar-refractivity contribution >= 4 is 22.4 Å². The lowest BCUT2D eigenvalue weighted by Crippen LogP contribution is -2.33. The van der Waals surface area contributed by atoms with Crippen LogP contribution in [-0.4, -0.2) is 30.9 Å². The van der Waals surface area contributed by atoms with Gasteiger partial charge >= 0.3 is 0 Å². The number of anilines is 2. The maximum atomic E-state index is 14.6. The first kappa shape index (κ1) is 22.8. The fourth-order valence-electron chi connectivity index (χ4n) is 5.25. The largest absolute Gasteiger partial charge is 0.340 e. The van der Waals surface area contributed by atoms with E-state index in [2.05, 4.69) is 43.8 Å². The van der Waals surface area contributed by atoms with Crippen LogP contribution in [0.3, 0.4) is 0 Å². The van der Waals surface area contributed by atoms with Gasteiger partial charge in [0.25, 0.3) is 5.56 Å². The Morgan fingerprint density at radius 3 is 2.69 bits per heavy atom. The number of rotatable bonds is 5. The molecule has 8 nitrogen and oxygen atoms in total. The van der Waals surface area contributed by atoms with E-state index >= 15 is 0 Å². The molecule has 2 aliphatic rings. The zero-order valence-corrected chi connectivity index (χ0v) is 21.0. The fraction of sp³-hybridized carbons (Fsp3) is 0.407. The van der Waals surface area contributed by atoms with Crippen molar-refractivity contribution in [3.8, 4) is 5.82 Å². The molecule has 6 rings (SSSR count). The molecule has 1 fully saturated rings. The van der Waals surface area contributed by atoms with Gasteiger partial charge < -0.3 is 10.6 Å². The van der Waals surface area contributed by atoms with Crippen molar-refractivity contribution in [2.24, 2.45) is 0 Å². The molecule has 3 aromatic heterocycles. The fourth-order valence-corrected chi connectivity index (χ4v) is 5.25. The van der Waals surface area contributed by atoms with E-state index in [1.807, 2.05) is 19.9 Å². The second kappa shape index (κ2) is 7.96. The number of pyridine rings is 1. The monoisotopic (exact) mass is 487 g/mol. The number of alkyl halides is 1. The highest BCUT2D eigenvalue weighted by molar-refractivity contribution is 5.82. The van der Waals surface area contributed by atoms with Gasteiger partial charge in [-0.05, 0) is 63.8 Å². The highest BCUT2D eigenvalue weighted by Crippen LogP contribution is 2.50. The molecule has 36 heavy (non-hydrogen) atoms. The molecule has 1 aliphatic carbocycles. The second-order valence-electron chi connectivity index (χ2n) is 10.7. The Morgan fingerprint density at radius 1 is 1.17 bits per heavy atom. The van der Waals surface area contributed by atoms with Crippen molar-refractivity contribution in [3.05, 3.63) is 70.0 Å². The summed E-state index contributed by atoms with van der Waals surface area (Å²) in [6.07, 6.45) is 5.60. The van der Waals surface area contributed by atoms with Gasteiger partial charge in [-0.25, -0.2) is 28.7 Å². The van der Waals surface area contributed by atoms with Crippen LogP contribution in [0.1, 0.15) is 63.5 Å². The minimum Gasteiger partial charge on any atom is -0.340 e. The standard InChI is InChI=1S/C27H30FN7O/c1-16(2)34-24(36)19-14-31-22(12-21(19)35(34)23-7-10-30-25(33-23)26(3,4)28)32-18-5-6-20-17(11-18)13-29-15-27(20)8-9-27/h5-7,10-12,14,16,29H,8-9,13,15H2,1-4H3,(H,31,32). The number of nitrogens with zero attached hydrogens (tertiary/aromatic N) is 5. The van der Waals surface area contributed by atoms with Gasteiger partial charge in [0.2, 0.25) is 0 Å². The van der Waals surface area contributed by atoms with Crippen LogP contribution in [0.4, 0.5) is 15.9 Å². The Kier molecular flexibility index (Phi) is 5.05. The SMILES string of the molecule is CC(C)n1c(=O)c2cnc(Nc3ccc4c(c3)CNCC43CC3)cc2n1-c1ccnc(C(C)(C)F)n1. The molecular weight excluding hydrogens is 457 g/mol. The van der Waals surface area contributed by atoms with Crippen molar-refractivity contribution < 1.29 is 4.39 Å². The number of nitrogens with one attached hydrogen (secondary N) is 2. The molecule has 1 aromatic carbocycles. The van der Waals surface area contributed by atoms with Crippen LogP contribution in [-0.2, 0) is 17.6 Å². The summed E-state index contributed by atoms with van der Waals surface area (Å²) in [6, 6.07) is 9.89. The predicted molar refractivity (Wildman–Crippen MR) is 138 cm³/mol. The molecule has 0 atom stereocenters. The lowest BCUT2D eigenvalue weighted by Gasteiger charge is -2.26. The molecule has 0 radical (unpaired) electrons. The number of aromatic nitrogens is 5. The molecular formula is C27H30FN7O. The van der Waals surface area contributed by atoms with E-state index in [9.17, 15) is 9.18 Å². The van der Waals surface area contributed by atoms with E-state index in [0.29, 0.717) is 28.0 Å². The summed E-state index contributed by atoms with van der Waals surface area (Å²) in [6.45, 7) is 8.61. The molecule has 186 valence electrons. The molecule has 2 N–H and O–H groups in total. The lowest BCUT2D eigenvalue weighted by molar-refractivity contribution is 0.206. The molecule has 4 aromatic rings. The van der Waals surface area contributed by atoms with Crippen molar-refractivity contribution in [2.75, 3.05) is 11.9 Å². The van der Waals surface area contributed by atoms with Gasteiger partial charge in [0.1, 0.15) is 5.82 Å². The Balaban J connectivity index is 1.44. The number of halogens is 1. The average molecular weight is 488 g/mol. The van der Waals surface area contributed by atoms with Crippen molar-refractivity contribution in [1.82, 2.24) is 29.6 Å². The number of benzene rings is 1. The number of hydrogen-bond donors (Lipinski definition) is 2. The summed E-state index contributed by atoms with van der Waals surface area (Å²) in [7, 11) is 0. The van der Waals surface area contributed by atoms with E-state index in [4.69, 9.17) is 0 Å². The topological polar surface area (TPSA) is 89.7 Å². The van der Waals surface area contributed by atoms with E-state index < -0.39 is 5.67 Å². The third-order valence-electron chi connectivity index (χ3n) is 7.22. The van der Waals surface area contributed by atoms with E-state index in [-0.39, 0.29) is 17.4 Å². The Morgan fingerprint density at radius 2 is 1.97 bits per heavy atom. The Hall–Kier alpha value is -3.59. The summed E-state index contributed by atoms with van der Waals surface area (Å²) in [5.41, 5.74) is 2.79. The van der Waals surface area contributed by atoms with E-state index in [0.717, 1.165) is 18.8 Å². The highest BCUT2D eigenvalue weighted by Gasteiger charge is 2.46. The zero-order valence-electron chi connectivity index (χ0n) is 21.0. The quantitative estimate of drug-likeness (QED) is 0.426. The van der Waals surface area contributed by atoms with Crippen molar-refractivity contribution in [3.63, 3.8) is 0 Å². The minimum absolute atomic E-state index is 0.0631. The smallest absolute Gasteiger partial charge is 0.276 e. The van der Waals surface area contributed by atoms with Gasteiger partial charge in [-0.2, -0.15) is 0 Å². The van der Waals surface area contributed by atoms with Crippen molar-refractivity contribution in [2.45, 2.75) is 64.2 Å². The van der Waals surface area contributed by atoms with Gasteiger partial charge in [-0.1, -0.05) is 6.07 Å². The first-order chi connectivity index (χ1) is 17.2. The summed E-state index contributed by atoms with van der Waals surface area (Å²) in [4.78, 5) is 26.4. The van der Waals surface area contributed by atoms with Gasteiger partial charge in [0.15, 0.2) is 17.3 Å². The first-order valence-electron chi connectivity index (χ1n) is 12.4. The van der Waals surface area contributed by atoms with E-state index in [1.54, 1.807) is 21.6 Å². The minimum atomic E-state index is -1.71. The molecule has 9 heteroatoms. The van der Waals surface area contributed by atoms with Crippen molar-refractivity contribution in [1.29, 1.82) is 0 Å². The molecule has 0 unspecified atom stereocenters. The second-order valence-corrected chi connectivity index (χ2v) is 10.7. The van der Waals surface area contributed by atoms with Gasteiger partial charge in [0.05, 0.1) is 10.9 Å². The molecule has 4 heterocycles. The average Bonchev–Trinajstić information content (AvgIpc) is 3.54. The zero-order chi connectivity index (χ0) is 25.2. The third-order valence-corrected chi connectivity index (χ3v) is 7.22. The van der Waals surface area contributed by atoms with Crippen LogP contribution in [0.15, 0.2) is 47.5 Å². The number of hydrogen-bond acceptors (Lipinski definition) is 6. The predicted octanol–water partition coefficient (Wildman–Crippen LogP) is 4.64. The van der Waals surface area contributed by atoms with Crippen LogP contribution >= 0.6 is 0 Å². The Bertz CT molecular complexity index is 1540. The summed E-state index contributed by atoms with van der Waals surface area (Å²) in [5.74, 6) is 1.11. The first-order valence-corrected chi connectivity index (χ1v) is 12.4. The molecule has 1 spiro atoms. The lowest BCUT2D eigenvalue weighted by atomic mass is 9.88. The van der Waals surface area contributed by atoms with Crippen LogP contribution in [0.5, 0.6) is 0 Å². The number of fused-ring (bicyclic) bond motifs is 3. The molecule has 1 aliphatic heterocycles. The molecule has 1 saturated carbocycles. The molecule has 0 saturated heterocycles. The maximum Gasteiger partial charge on any atom is 0.276 e. The highest BCUT2D eigenvalue weighted by atomic mass is 19.1. The maximum absolute atomic E-state index is 14.6. The van der Waals surface area contributed by atoms with Crippen LogP contribution in [0.2, 0.25) is 0 Å². The normalized spacial score (nSPS) is 16.5.